The number of amides is 1. The van der Waals surface area contributed by atoms with Crippen LogP contribution in [0.25, 0.3) is 17.0 Å². The van der Waals surface area contributed by atoms with Crippen molar-refractivity contribution in [3.05, 3.63) is 100.0 Å². The summed E-state index contributed by atoms with van der Waals surface area (Å²) in [4.78, 5) is 18.9. The van der Waals surface area contributed by atoms with Crippen molar-refractivity contribution >= 4 is 34.6 Å². The summed E-state index contributed by atoms with van der Waals surface area (Å²) in [6, 6.07) is 10.6. The summed E-state index contributed by atoms with van der Waals surface area (Å²) in [6.07, 6.45) is 0.475. The maximum absolute atomic E-state index is 13.7. The van der Waals surface area contributed by atoms with E-state index >= 15 is 0 Å². The van der Waals surface area contributed by atoms with Crippen LogP contribution in [0, 0.1) is 11.8 Å². The van der Waals surface area contributed by atoms with E-state index in [4.69, 9.17) is 11.6 Å². The molecule has 208 valence electrons. The molecule has 1 N–H and O–H groups in total. The SMILES string of the molecule is O=C(NCc1ccnc(F)c1)n1c2c(c3ccc(OC(F)(F)F)cc31)CN(C/C=C/c1ccc(Cl)c(F)c1)CC2. The molecule has 3 heterocycles. The van der Waals surface area contributed by atoms with Crippen LogP contribution in [0.3, 0.4) is 0 Å². The maximum Gasteiger partial charge on any atom is 0.573 e. The van der Waals surface area contributed by atoms with Crippen LogP contribution in [0.4, 0.5) is 26.7 Å². The van der Waals surface area contributed by atoms with E-state index in [2.05, 4.69) is 19.9 Å². The Labute approximate surface area is 230 Å². The number of aromatic nitrogens is 2. The molecule has 40 heavy (non-hydrogen) atoms. The van der Waals surface area contributed by atoms with Gasteiger partial charge in [0.15, 0.2) is 0 Å². The van der Waals surface area contributed by atoms with Crippen LogP contribution in [-0.2, 0) is 19.5 Å². The molecule has 0 bridgehead atoms. The van der Waals surface area contributed by atoms with Crippen molar-refractivity contribution < 1.29 is 31.5 Å². The van der Waals surface area contributed by atoms with Crippen LogP contribution >= 0.6 is 11.6 Å². The van der Waals surface area contributed by atoms with Gasteiger partial charge in [-0.15, -0.1) is 13.2 Å². The van der Waals surface area contributed by atoms with Crippen molar-refractivity contribution in [3.8, 4) is 5.75 Å². The molecular weight excluding hydrogens is 555 g/mol. The number of halogens is 6. The average Bonchev–Trinajstić information content (AvgIpc) is 3.21. The molecule has 6 nitrogen and oxygen atoms in total. The first kappa shape index (κ1) is 27.6. The highest BCUT2D eigenvalue weighted by molar-refractivity contribution is 6.30. The molecule has 2 aromatic carbocycles. The highest BCUT2D eigenvalue weighted by Gasteiger charge is 2.32. The van der Waals surface area contributed by atoms with Gasteiger partial charge in [-0.2, -0.15) is 4.39 Å². The standard InChI is InChI=1S/C28H22ClF5N4O2/c29-22-6-3-17(12-23(22)30)2-1-10-37-11-8-24-21(16-37)20-5-4-19(40-28(32,33)34)14-25(20)38(24)27(39)36-15-18-7-9-35-26(31)13-18/h1-7,9,12-14H,8,10-11,15-16H2,(H,36,39)/b2-1+. The van der Waals surface area contributed by atoms with Gasteiger partial charge >= 0.3 is 12.4 Å². The predicted molar refractivity (Wildman–Crippen MR) is 140 cm³/mol. The number of ether oxygens (including phenoxy) is 1. The van der Waals surface area contributed by atoms with Crippen molar-refractivity contribution in [2.24, 2.45) is 0 Å². The van der Waals surface area contributed by atoms with Gasteiger partial charge in [-0.3, -0.25) is 9.47 Å². The number of benzene rings is 2. The number of hydrogen-bond acceptors (Lipinski definition) is 4. The molecule has 1 aliphatic rings. The molecule has 0 saturated carbocycles. The molecule has 0 spiro atoms. The van der Waals surface area contributed by atoms with Crippen molar-refractivity contribution in [3.63, 3.8) is 0 Å². The van der Waals surface area contributed by atoms with Gasteiger partial charge in [-0.05, 0) is 53.1 Å². The molecule has 0 saturated heterocycles. The maximum atomic E-state index is 13.7. The molecule has 0 unspecified atom stereocenters. The molecule has 0 atom stereocenters. The molecule has 0 fully saturated rings. The number of nitrogens with one attached hydrogen (secondary N) is 1. The van der Waals surface area contributed by atoms with E-state index in [1.807, 2.05) is 6.08 Å². The molecule has 1 aliphatic heterocycles. The number of nitrogens with zero attached hydrogens (tertiary/aromatic N) is 3. The molecule has 12 heteroatoms. The number of carbonyl (C=O) groups is 1. The summed E-state index contributed by atoms with van der Waals surface area (Å²) < 4.78 is 71.4. The van der Waals surface area contributed by atoms with Crippen molar-refractivity contribution in [1.82, 2.24) is 19.8 Å². The van der Waals surface area contributed by atoms with Crippen LogP contribution in [-0.4, -0.2) is 39.9 Å². The lowest BCUT2D eigenvalue weighted by Gasteiger charge is -2.27. The second kappa shape index (κ2) is 11.3. The second-order valence-electron chi connectivity index (χ2n) is 9.19. The minimum Gasteiger partial charge on any atom is -0.406 e. The quantitative estimate of drug-likeness (QED) is 0.205. The zero-order valence-corrected chi connectivity index (χ0v) is 21.6. The smallest absolute Gasteiger partial charge is 0.406 e. The highest BCUT2D eigenvalue weighted by atomic mass is 35.5. The fourth-order valence-electron chi connectivity index (χ4n) is 4.74. The van der Waals surface area contributed by atoms with Gasteiger partial charge in [0.25, 0.3) is 0 Å². The van der Waals surface area contributed by atoms with Crippen LogP contribution < -0.4 is 10.1 Å². The van der Waals surface area contributed by atoms with Gasteiger partial charge in [-0.25, -0.2) is 14.2 Å². The number of rotatable bonds is 6. The first-order valence-corrected chi connectivity index (χ1v) is 12.6. The van der Waals surface area contributed by atoms with Gasteiger partial charge in [0.05, 0.1) is 10.5 Å². The topological polar surface area (TPSA) is 59.4 Å². The monoisotopic (exact) mass is 576 g/mol. The molecule has 5 rings (SSSR count). The Morgan fingerprint density at radius 2 is 1.95 bits per heavy atom. The Bertz CT molecular complexity index is 1600. The van der Waals surface area contributed by atoms with Crippen molar-refractivity contribution in [2.45, 2.75) is 25.9 Å². The first-order valence-electron chi connectivity index (χ1n) is 12.2. The van der Waals surface area contributed by atoms with Gasteiger partial charge in [-0.1, -0.05) is 29.8 Å². The van der Waals surface area contributed by atoms with Gasteiger partial charge < -0.3 is 10.1 Å². The number of alkyl halides is 3. The average molecular weight is 577 g/mol. The number of hydrogen-bond donors (Lipinski definition) is 1. The molecule has 1 amide bonds. The van der Waals surface area contributed by atoms with E-state index in [0.29, 0.717) is 48.3 Å². The summed E-state index contributed by atoms with van der Waals surface area (Å²) in [5.41, 5.74) is 2.86. The first-order chi connectivity index (χ1) is 19.1. The largest absolute Gasteiger partial charge is 0.573 e. The van der Waals surface area contributed by atoms with E-state index in [9.17, 15) is 26.7 Å². The Kier molecular flexibility index (Phi) is 7.77. The molecular formula is C28H22ClF5N4O2. The summed E-state index contributed by atoms with van der Waals surface area (Å²) in [5, 5.41) is 3.37. The Balaban J connectivity index is 1.42. The Hall–Kier alpha value is -3.96. The van der Waals surface area contributed by atoms with Crippen molar-refractivity contribution in [2.75, 3.05) is 13.1 Å². The Morgan fingerprint density at radius 1 is 1.12 bits per heavy atom. The van der Waals surface area contributed by atoms with Crippen LogP contribution in [0.15, 0.2) is 60.8 Å². The third kappa shape index (κ3) is 6.26. The number of fused-ring (bicyclic) bond motifs is 3. The van der Waals surface area contributed by atoms with E-state index in [0.717, 1.165) is 5.56 Å². The second-order valence-corrected chi connectivity index (χ2v) is 9.60. The number of carbonyl (C=O) groups excluding carboxylic acids is 1. The summed E-state index contributed by atoms with van der Waals surface area (Å²) >= 11 is 5.74. The third-order valence-electron chi connectivity index (χ3n) is 6.49. The summed E-state index contributed by atoms with van der Waals surface area (Å²) in [7, 11) is 0. The zero-order chi connectivity index (χ0) is 28.4. The minimum atomic E-state index is -4.89. The summed E-state index contributed by atoms with van der Waals surface area (Å²) in [6.45, 7) is 1.51. The fourth-order valence-corrected chi connectivity index (χ4v) is 4.86. The van der Waals surface area contributed by atoms with Crippen LogP contribution in [0.2, 0.25) is 5.02 Å². The molecule has 0 radical (unpaired) electrons. The lowest BCUT2D eigenvalue weighted by atomic mass is 10.0. The van der Waals surface area contributed by atoms with E-state index in [1.165, 1.54) is 47.2 Å². The van der Waals surface area contributed by atoms with Crippen LogP contribution in [0.1, 0.15) is 22.4 Å². The minimum absolute atomic E-state index is 0.00628. The summed E-state index contributed by atoms with van der Waals surface area (Å²) in [5.74, 6) is -1.66. The lowest BCUT2D eigenvalue weighted by molar-refractivity contribution is -0.274. The predicted octanol–water partition coefficient (Wildman–Crippen LogP) is 6.70. The van der Waals surface area contributed by atoms with Gasteiger partial charge in [0.1, 0.15) is 11.6 Å². The van der Waals surface area contributed by atoms with E-state index in [1.54, 1.807) is 18.2 Å². The highest BCUT2D eigenvalue weighted by Crippen LogP contribution is 2.34. The fraction of sp³-hybridized carbons (Fsp3) is 0.214. The zero-order valence-electron chi connectivity index (χ0n) is 20.8. The lowest BCUT2D eigenvalue weighted by Crippen LogP contribution is -2.34. The van der Waals surface area contributed by atoms with Gasteiger partial charge in [0, 0.05) is 55.9 Å². The third-order valence-corrected chi connectivity index (χ3v) is 6.80. The molecule has 0 aliphatic carbocycles. The number of pyridine rings is 1. The molecule has 4 aromatic rings. The van der Waals surface area contributed by atoms with E-state index < -0.39 is 29.9 Å². The molecule has 2 aromatic heterocycles. The van der Waals surface area contributed by atoms with Gasteiger partial charge in [0.2, 0.25) is 5.95 Å². The van der Waals surface area contributed by atoms with Crippen molar-refractivity contribution in [1.29, 1.82) is 0 Å². The normalized spacial score (nSPS) is 14.1. The van der Waals surface area contributed by atoms with Crippen LogP contribution in [0.5, 0.6) is 5.75 Å². The Morgan fingerprint density at radius 3 is 2.70 bits per heavy atom. The van der Waals surface area contributed by atoms with E-state index in [-0.39, 0.29) is 17.1 Å².